The molecule has 0 radical (unpaired) electrons. The van der Waals surface area contributed by atoms with Crippen LogP contribution in [0.1, 0.15) is 18.9 Å². The summed E-state index contributed by atoms with van der Waals surface area (Å²) in [7, 11) is -3.49. The van der Waals surface area contributed by atoms with Gasteiger partial charge in [-0.3, -0.25) is 0 Å². The Morgan fingerprint density at radius 2 is 1.89 bits per heavy atom. The number of hydrogen-bond acceptors (Lipinski definition) is 3. The van der Waals surface area contributed by atoms with Crippen molar-refractivity contribution >= 4 is 33.2 Å². The topological polar surface area (TPSA) is 66.4 Å². The van der Waals surface area contributed by atoms with E-state index in [0.29, 0.717) is 22.0 Å². The largest absolute Gasteiger partial charge is 0.396 e. The third kappa shape index (κ3) is 5.67. The van der Waals surface area contributed by atoms with E-state index in [9.17, 15) is 8.42 Å². The Balaban J connectivity index is 2.70. The maximum Gasteiger partial charge on any atom is 0.215 e. The molecule has 1 unspecified atom stereocenters. The van der Waals surface area contributed by atoms with Gasteiger partial charge in [-0.1, -0.05) is 36.2 Å². The molecule has 0 saturated heterocycles. The molecule has 0 aromatic heterocycles. The summed E-state index contributed by atoms with van der Waals surface area (Å²) >= 11 is 11.9. The Bertz CT molecular complexity index is 499. The smallest absolute Gasteiger partial charge is 0.215 e. The molecular formula is C12H17Cl2NO3S. The summed E-state index contributed by atoms with van der Waals surface area (Å²) in [5.41, 5.74) is 0.396. The molecule has 7 heteroatoms. The van der Waals surface area contributed by atoms with Gasteiger partial charge in [-0.15, -0.1) is 0 Å². The van der Waals surface area contributed by atoms with Gasteiger partial charge in [0.05, 0.1) is 5.75 Å². The third-order valence-electron chi connectivity index (χ3n) is 2.67. The number of nitrogens with one attached hydrogen (secondary N) is 1. The van der Waals surface area contributed by atoms with Gasteiger partial charge in [0.1, 0.15) is 0 Å². The second-order valence-corrected chi connectivity index (χ2v) is 7.05. The van der Waals surface area contributed by atoms with Gasteiger partial charge in [0.2, 0.25) is 10.0 Å². The van der Waals surface area contributed by atoms with Crippen molar-refractivity contribution in [3.63, 3.8) is 0 Å². The molecule has 1 aromatic carbocycles. The highest BCUT2D eigenvalue weighted by molar-refractivity contribution is 7.88. The van der Waals surface area contributed by atoms with E-state index in [1.54, 1.807) is 18.2 Å². The monoisotopic (exact) mass is 325 g/mol. The Morgan fingerprint density at radius 1 is 1.32 bits per heavy atom. The van der Waals surface area contributed by atoms with Gasteiger partial charge in [0.15, 0.2) is 0 Å². The molecule has 1 aromatic rings. The van der Waals surface area contributed by atoms with Crippen LogP contribution >= 0.6 is 23.2 Å². The van der Waals surface area contributed by atoms with E-state index in [4.69, 9.17) is 28.3 Å². The molecule has 4 nitrogen and oxygen atoms in total. The summed E-state index contributed by atoms with van der Waals surface area (Å²) < 4.78 is 26.3. The Morgan fingerprint density at radius 3 is 2.42 bits per heavy atom. The van der Waals surface area contributed by atoms with Crippen LogP contribution < -0.4 is 4.72 Å². The maximum atomic E-state index is 11.9. The predicted octanol–water partition coefficient (Wildman–Crippen LogP) is 2.43. The summed E-state index contributed by atoms with van der Waals surface area (Å²) in [6, 6.07) is 4.87. The van der Waals surface area contributed by atoms with Crippen molar-refractivity contribution in [2.24, 2.45) is 5.92 Å². The Kier molecular flexibility index (Phi) is 6.56. The van der Waals surface area contributed by atoms with Crippen molar-refractivity contribution in [3.8, 4) is 0 Å². The van der Waals surface area contributed by atoms with Gasteiger partial charge in [-0.05, 0) is 24.5 Å². The highest BCUT2D eigenvalue weighted by atomic mass is 35.5. The van der Waals surface area contributed by atoms with Gasteiger partial charge < -0.3 is 5.11 Å². The molecular weight excluding hydrogens is 309 g/mol. The number of halogens is 2. The van der Waals surface area contributed by atoms with Crippen LogP contribution in [0.25, 0.3) is 0 Å². The van der Waals surface area contributed by atoms with Crippen LogP contribution in [-0.4, -0.2) is 26.7 Å². The van der Waals surface area contributed by atoms with Crippen molar-refractivity contribution in [2.45, 2.75) is 19.1 Å². The molecule has 19 heavy (non-hydrogen) atoms. The summed E-state index contributed by atoms with van der Waals surface area (Å²) in [6.45, 7) is 2.19. The average Bonchev–Trinajstić information content (AvgIpc) is 2.32. The normalized spacial score (nSPS) is 13.5. The van der Waals surface area contributed by atoms with E-state index in [0.717, 1.165) is 0 Å². The molecule has 0 saturated carbocycles. The summed E-state index contributed by atoms with van der Waals surface area (Å²) in [5, 5.41) is 9.43. The van der Waals surface area contributed by atoms with Crippen molar-refractivity contribution in [1.82, 2.24) is 4.72 Å². The molecule has 0 aliphatic heterocycles. The number of benzene rings is 1. The third-order valence-corrected chi connectivity index (χ3v) is 4.65. The minimum absolute atomic E-state index is 0.0409. The van der Waals surface area contributed by atoms with E-state index in [1.165, 1.54) is 0 Å². The standard InChI is InChI=1S/C12H17Cl2NO3S/c1-9(5-6-16)7-15-19(17,18)8-10-11(13)3-2-4-12(10)14/h2-4,9,15-16H,5-8H2,1H3. The first-order chi connectivity index (χ1) is 8.85. The molecule has 0 bridgehead atoms. The lowest BCUT2D eigenvalue weighted by molar-refractivity contribution is 0.263. The first-order valence-electron chi connectivity index (χ1n) is 5.87. The minimum atomic E-state index is -3.49. The molecule has 1 atom stereocenters. The molecule has 2 N–H and O–H groups in total. The first-order valence-corrected chi connectivity index (χ1v) is 8.27. The molecule has 1 rings (SSSR count). The fraction of sp³-hybridized carbons (Fsp3) is 0.500. The van der Waals surface area contributed by atoms with Crippen LogP contribution in [0.2, 0.25) is 10.0 Å². The number of aliphatic hydroxyl groups is 1. The molecule has 0 aliphatic rings. The molecule has 108 valence electrons. The van der Waals surface area contributed by atoms with Crippen LogP contribution in [0.15, 0.2) is 18.2 Å². The molecule has 0 amide bonds. The SMILES string of the molecule is CC(CCO)CNS(=O)(=O)Cc1c(Cl)cccc1Cl. The predicted molar refractivity (Wildman–Crippen MR) is 78.0 cm³/mol. The second-order valence-electron chi connectivity index (χ2n) is 4.43. The molecule has 0 heterocycles. The van der Waals surface area contributed by atoms with Gasteiger partial charge in [-0.2, -0.15) is 0 Å². The fourth-order valence-electron chi connectivity index (χ4n) is 1.50. The number of hydrogen-bond donors (Lipinski definition) is 2. The summed E-state index contributed by atoms with van der Waals surface area (Å²) in [4.78, 5) is 0. The van der Waals surface area contributed by atoms with Crippen LogP contribution in [0, 0.1) is 5.92 Å². The van der Waals surface area contributed by atoms with Gasteiger partial charge in [-0.25, -0.2) is 13.1 Å². The highest BCUT2D eigenvalue weighted by Crippen LogP contribution is 2.25. The van der Waals surface area contributed by atoms with Crippen molar-refractivity contribution in [2.75, 3.05) is 13.2 Å². The lowest BCUT2D eigenvalue weighted by atomic mass is 10.1. The second kappa shape index (κ2) is 7.45. The average molecular weight is 326 g/mol. The van der Waals surface area contributed by atoms with E-state index in [-0.39, 0.29) is 24.8 Å². The van der Waals surface area contributed by atoms with E-state index >= 15 is 0 Å². The Labute approximate surface area is 123 Å². The lowest BCUT2D eigenvalue weighted by Crippen LogP contribution is -2.30. The van der Waals surface area contributed by atoms with Gasteiger partial charge in [0.25, 0.3) is 0 Å². The fourth-order valence-corrected chi connectivity index (χ4v) is 3.52. The lowest BCUT2D eigenvalue weighted by Gasteiger charge is -2.13. The molecule has 0 spiro atoms. The van der Waals surface area contributed by atoms with Gasteiger partial charge >= 0.3 is 0 Å². The number of sulfonamides is 1. The van der Waals surface area contributed by atoms with Crippen molar-refractivity contribution in [1.29, 1.82) is 0 Å². The van der Waals surface area contributed by atoms with E-state index in [1.807, 2.05) is 6.92 Å². The van der Waals surface area contributed by atoms with Crippen LogP contribution in [-0.2, 0) is 15.8 Å². The van der Waals surface area contributed by atoms with Crippen LogP contribution in [0.3, 0.4) is 0 Å². The van der Waals surface area contributed by atoms with Crippen molar-refractivity contribution < 1.29 is 13.5 Å². The highest BCUT2D eigenvalue weighted by Gasteiger charge is 2.17. The van der Waals surface area contributed by atoms with Gasteiger partial charge in [0, 0.05) is 28.8 Å². The van der Waals surface area contributed by atoms with E-state index < -0.39 is 10.0 Å². The van der Waals surface area contributed by atoms with E-state index in [2.05, 4.69) is 4.72 Å². The zero-order chi connectivity index (χ0) is 14.5. The van der Waals surface area contributed by atoms with Crippen LogP contribution in [0.5, 0.6) is 0 Å². The summed E-state index contributed by atoms with van der Waals surface area (Å²) in [6.07, 6.45) is 0.551. The number of aliphatic hydroxyl groups excluding tert-OH is 1. The maximum absolute atomic E-state index is 11.9. The quantitative estimate of drug-likeness (QED) is 0.809. The van der Waals surface area contributed by atoms with Crippen molar-refractivity contribution in [3.05, 3.63) is 33.8 Å². The van der Waals surface area contributed by atoms with Crippen LogP contribution in [0.4, 0.5) is 0 Å². The molecule has 0 fully saturated rings. The first kappa shape index (κ1) is 16.7. The summed E-state index contributed by atoms with van der Waals surface area (Å²) in [5.74, 6) is -0.182. The zero-order valence-electron chi connectivity index (χ0n) is 10.6. The molecule has 0 aliphatic carbocycles. The zero-order valence-corrected chi connectivity index (χ0v) is 12.9. The number of rotatable bonds is 7. The Hall–Kier alpha value is -0.330. The minimum Gasteiger partial charge on any atom is -0.396 e.